The number of nitrogens with two attached hydrogens (primary N) is 1. The van der Waals surface area contributed by atoms with Gasteiger partial charge in [0, 0.05) is 23.1 Å². The van der Waals surface area contributed by atoms with E-state index in [0.29, 0.717) is 28.0 Å². The van der Waals surface area contributed by atoms with Gasteiger partial charge in [-0.1, -0.05) is 96.1 Å². The van der Waals surface area contributed by atoms with Crippen LogP contribution in [-0.2, 0) is 56.4 Å². The highest BCUT2D eigenvalue weighted by Crippen LogP contribution is 2.47. The molecule has 1 heterocycles. The molecule has 5 atom stereocenters. The lowest BCUT2D eigenvalue weighted by Crippen LogP contribution is -2.60. The Balaban J connectivity index is 1.77. The van der Waals surface area contributed by atoms with Crippen molar-refractivity contribution in [3.8, 4) is 16.9 Å². The number of ether oxygens (including phenoxy) is 4. The van der Waals surface area contributed by atoms with E-state index in [9.17, 15) is 39.0 Å². The topological polar surface area (TPSA) is 263 Å². The number of hydrogen-bond acceptors (Lipinski definition) is 13. The van der Waals surface area contributed by atoms with Gasteiger partial charge in [-0.15, -0.1) is 0 Å². The Hall–Kier alpha value is -6.02. The fourth-order valence-electron chi connectivity index (χ4n) is 9.03. The number of primary amides is 1. The molecule has 0 aliphatic carbocycles. The van der Waals surface area contributed by atoms with Gasteiger partial charge in [-0.3, -0.25) is 14.4 Å². The average Bonchev–Trinajstić information content (AvgIpc) is 3.52. The van der Waals surface area contributed by atoms with Crippen molar-refractivity contribution in [2.75, 3.05) is 19.0 Å². The molecule has 0 fully saturated rings. The number of nitrogens with one attached hydrogen (secondary N) is 4. The molecule has 0 bridgehead atoms. The lowest BCUT2D eigenvalue weighted by molar-refractivity contribution is -0.159. The molecule has 1 unspecified atom stereocenters. The molecule has 18 nitrogen and oxygen atoms in total. The van der Waals surface area contributed by atoms with Gasteiger partial charge in [-0.05, 0) is 81.4 Å². The maximum atomic E-state index is 14.2. The Bertz CT molecular complexity index is 2330. The summed E-state index contributed by atoms with van der Waals surface area (Å²) in [6.07, 6.45) is -4.61. The van der Waals surface area contributed by atoms with Gasteiger partial charge in [0.25, 0.3) is 5.91 Å². The van der Waals surface area contributed by atoms with E-state index >= 15 is 0 Å². The number of rotatable bonds is 21. The number of para-hydroxylation sites is 1. The number of fused-ring (bicyclic) bond motifs is 1. The molecule has 70 heavy (non-hydrogen) atoms. The van der Waals surface area contributed by atoms with Crippen LogP contribution in [-0.4, -0.2) is 104 Å². The summed E-state index contributed by atoms with van der Waals surface area (Å²) in [5.74, 6) is -3.34. The summed E-state index contributed by atoms with van der Waals surface area (Å²) >= 11 is 0. The van der Waals surface area contributed by atoms with Gasteiger partial charge < -0.3 is 60.6 Å². The van der Waals surface area contributed by atoms with Crippen molar-refractivity contribution in [3.63, 3.8) is 0 Å². The molecule has 8 N–H and O–H groups in total. The van der Waals surface area contributed by atoms with Crippen LogP contribution in [0.2, 0.25) is 16.6 Å². The standard InChI is InChI=1S/C51H73N5O13Si/c1-29(2)70(30(3)4,31(5)6)67-28-39(55-48(63)69-50(10,11)12)43(58)51(64)36-21-17-20-34(42(36)56-46(51)61)35-24-33(22-23-40(35)65-13)25-37(54-47(62)66-27-32-18-15-14-16-19-32)44(59)53-38(26-41(52)57)45(60)68-49(7,8)9/h14-24,29-31,37-39,43,58,64H,25-28H2,1-13H3,(H2,52,57)(H,53,59)(H,54,62)(H,55,63)(H,56,61)/t37-,38-,39+,43+,51?/m0/s1. The summed E-state index contributed by atoms with van der Waals surface area (Å²) in [5, 5.41) is 35.3. The molecule has 3 aromatic carbocycles. The SMILES string of the molecule is COc1ccc(C[C@H](NC(=O)OCc2ccccc2)C(=O)N[C@@H](CC(N)=O)C(=O)OC(C)(C)C)cc1-c1cccc2c1NC(=O)C2(O)[C@H](O)[C@@H](CO[Si](C(C)C)(C(C)C)C(C)C)NC(=O)OC(C)(C)C. The van der Waals surface area contributed by atoms with Crippen molar-refractivity contribution in [1.82, 2.24) is 16.0 Å². The third-order valence-electron chi connectivity index (χ3n) is 12.0. The number of carbonyl (C=O) groups is 6. The number of esters is 1. The Labute approximate surface area is 412 Å². The molecule has 3 aromatic rings. The van der Waals surface area contributed by atoms with Crippen LogP contribution in [0.25, 0.3) is 11.1 Å². The van der Waals surface area contributed by atoms with Crippen LogP contribution in [0, 0.1) is 0 Å². The predicted molar refractivity (Wildman–Crippen MR) is 266 cm³/mol. The summed E-state index contributed by atoms with van der Waals surface area (Å²) in [6.45, 7) is 22.0. The zero-order valence-corrected chi connectivity index (χ0v) is 43.7. The van der Waals surface area contributed by atoms with Crippen LogP contribution < -0.4 is 31.7 Å². The van der Waals surface area contributed by atoms with E-state index < -0.39 is 91.6 Å². The van der Waals surface area contributed by atoms with E-state index in [1.807, 2.05) is 0 Å². The van der Waals surface area contributed by atoms with Crippen LogP contribution >= 0.6 is 0 Å². The third kappa shape index (κ3) is 14.1. The first-order chi connectivity index (χ1) is 32.5. The van der Waals surface area contributed by atoms with Gasteiger partial charge in [-0.2, -0.15) is 0 Å². The number of amides is 5. The second-order valence-electron chi connectivity index (χ2n) is 20.5. The Morgan fingerprint density at radius 2 is 1.37 bits per heavy atom. The predicted octanol–water partition coefficient (Wildman–Crippen LogP) is 6.49. The number of hydrogen-bond donors (Lipinski definition) is 7. The van der Waals surface area contributed by atoms with Gasteiger partial charge in [0.15, 0.2) is 13.9 Å². The molecule has 0 radical (unpaired) electrons. The second kappa shape index (κ2) is 23.3. The van der Waals surface area contributed by atoms with Gasteiger partial charge in [0.05, 0.1) is 31.9 Å². The molecule has 1 aliphatic rings. The lowest BCUT2D eigenvalue weighted by Gasteiger charge is -2.44. The van der Waals surface area contributed by atoms with E-state index in [2.05, 4.69) is 62.8 Å². The molecule has 5 amide bonds. The maximum absolute atomic E-state index is 14.2. The zero-order valence-electron chi connectivity index (χ0n) is 42.7. The Kier molecular flexibility index (Phi) is 18.8. The molecule has 4 rings (SSSR count). The van der Waals surface area contributed by atoms with E-state index in [0.717, 1.165) is 0 Å². The van der Waals surface area contributed by atoms with Crippen LogP contribution in [0.5, 0.6) is 5.75 Å². The first kappa shape index (κ1) is 56.6. The number of aliphatic hydroxyl groups excluding tert-OH is 1. The van der Waals surface area contributed by atoms with Crippen molar-refractivity contribution in [2.24, 2.45) is 5.73 Å². The normalized spacial score (nSPS) is 16.6. The minimum absolute atomic E-state index is 0.00579. The van der Waals surface area contributed by atoms with Crippen molar-refractivity contribution in [3.05, 3.63) is 83.4 Å². The van der Waals surface area contributed by atoms with Gasteiger partial charge >= 0.3 is 18.2 Å². The molecule has 384 valence electrons. The summed E-state index contributed by atoms with van der Waals surface area (Å²) in [5.41, 5.74) is 3.28. The minimum atomic E-state index is -2.63. The van der Waals surface area contributed by atoms with Crippen molar-refractivity contribution >= 4 is 49.9 Å². The lowest BCUT2D eigenvalue weighted by atomic mass is 9.84. The molecular formula is C51H73N5O13Si. The number of aliphatic hydroxyl groups is 2. The number of alkyl carbamates (subject to hydrolysis) is 2. The summed E-state index contributed by atoms with van der Waals surface area (Å²) < 4.78 is 29.0. The molecule has 0 saturated carbocycles. The molecule has 0 aromatic heterocycles. The van der Waals surface area contributed by atoms with Crippen molar-refractivity contribution in [1.29, 1.82) is 0 Å². The van der Waals surface area contributed by atoms with Crippen LogP contribution in [0.3, 0.4) is 0 Å². The monoisotopic (exact) mass is 991 g/mol. The van der Waals surface area contributed by atoms with Crippen molar-refractivity contribution in [2.45, 2.75) is 160 Å². The van der Waals surface area contributed by atoms with Crippen LogP contribution in [0.1, 0.15) is 106 Å². The number of benzene rings is 3. The highest BCUT2D eigenvalue weighted by Gasteiger charge is 2.55. The molecule has 1 aliphatic heterocycles. The van der Waals surface area contributed by atoms with Crippen molar-refractivity contribution < 1.29 is 62.4 Å². The highest BCUT2D eigenvalue weighted by molar-refractivity contribution is 6.77. The van der Waals surface area contributed by atoms with E-state index in [1.54, 1.807) is 102 Å². The van der Waals surface area contributed by atoms with Gasteiger partial charge in [0.1, 0.15) is 41.7 Å². The quantitative estimate of drug-likeness (QED) is 0.0343. The fourth-order valence-corrected chi connectivity index (χ4v) is 14.5. The van der Waals surface area contributed by atoms with Gasteiger partial charge in [0.2, 0.25) is 11.8 Å². The maximum Gasteiger partial charge on any atom is 0.408 e. The Morgan fingerprint density at radius 3 is 1.93 bits per heavy atom. The van der Waals surface area contributed by atoms with E-state index in [1.165, 1.54) is 13.2 Å². The summed E-state index contributed by atoms with van der Waals surface area (Å²) in [6, 6.07) is 14.2. The minimum Gasteiger partial charge on any atom is -0.496 e. The van der Waals surface area contributed by atoms with Gasteiger partial charge in [-0.25, -0.2) is 14.4 Å². The average molecular weight is 992 g/mol. The highest BCUT2D eigenvalue weighted by atomic mass is 28.4. The number of methoxy groups -OCH3 is 1. The summed E-state index contributed by atoms with van der Waals surface area (Å²) in [4.78, 5) is 80.2. The van der Waals surface area contributed by atoms with Crippen LogP contribution in [0.15, 0.2) is 66.7 Å². The fraction of sp³-hybridized carbons (Fsp3) is 0.529. The second-order valence-corrected chi connectivity index (χ2v) is 26.0. The zero-order chi connectivity index (χ0) is 52.5. The van der Waals surface area contributed by atoms with Crippen LogP contribution in [0.4, 0.5) is 15.3 Å². The largest absolute Gasteiger partial charge is 0.496 e. The smallest absolute Gasteiger partial charge is 0.408 e. The summed E-state index contributed by atoms with van der Waals surface area (Å²) in [7, 11) is -1.20. The van der Waals surface area contributed by atoms with E-state index in [-0.39, 0.29) is 47.5 Å². The van der Waals surface area contributed by atoms with E-state index in [4.69, 9.17) is 29.1 Å². The number of carbonyl (C=O) groups excluding carboxylic acids is 6. The molecule has 0 spiro atoms. The molecule has 0 saturated heterocycles. The molecule has 19 heteroatoms. The Morgan fingerprint density at radius 1 is 0.757 bits per heavy atom. The first-order valence-corrected chi connectivity index (χ1v) is 25.6. The first-order valence-electron chi connectivity index (χ1n) is 23.5. The number of anilines is 1. The molecular weight excluding hydrogens is 919 g/mol. The third-order valence-corrected chi connectivity index (χ3v) is 18.1.